The Balaban J connectivity index is 1.17. The summed E-state index contributed by atoms with van der Waals surface area (Å²) >= 11 is 0. The van der Waals surface area contributed by atoms with Crippen molar-refractivity contribution in [2.75, 3.05) is 7.11 Å². The van der Waals surface area contributed by atoms with Crippen molar-refractivity contribution < 1.29 is 77.6 Å². The van der Waals surface area contributed by atoms with Crippen molar-refractivity contribution >= 4 is 17.8 Å². The number of methoxy groups -OCH3 is 1. The molecule has 2 bridgehead atoms. The second kappa shape index (κ2) is 20.8. The van der Waals surface area contributed by atoms with Crippen molar-refractivity contribution in [1.29, 1.82) is 0 Å². The molecule has 4 aliphatic heterocycles. The monoisotopic (exact) mass is 1030 g/mol. The van der Waals surface area contributed by atoms with E-state index in [1.54, 1.807) is 20.8 Å². The summed E-state index contributed by atoms with van der Waals surface area (Å²) in [5.74, 6) is -4.22. The molecule has 23 unspecified atom stereocenters. The van der Waals surface area contributed by atoms with Crippen LogP contribution in [0.15, 0.2) is 58.4 Å². The first-order valence-electron chi connectivity index (χ1n) is 26.1. The molecule has 4 saturated heterocycles. The van der Waals surface area contributed by atoms with Crippen LogP contribution in [0.5, 0.6) is 0 Å². The number of allylic oxidation sites excluding steroid dienone is 4. The highest BCUT2D eigenvalue weighted by Gasteiger charge is 2.64. The van der Waals surface area contributed by atoms with E-state index in [0.29, 0.717) is 12.0 Å². The predicted octanol–water partition coefficient (Wildman–Crippen LogP) is 6.07. The Morgan fingerprint density at radius 2 is 1.45 bits per heavy atom. The molecule has 0 aromatic rings. The van der Waals surface area contributed by atoms with Gasteiger partial charge in [0.05, 0.1) is 56.3 Å². The molecule has 5 fully saturated rings. The highest BCUT2D eigenvalue weighted by atomic mass is 16.7. The molecule has 1 amide bonds. The molecular formula is C54H78N2O17. The lowest BCUT2D eigenvalue weighted by Crippen LogP contribution is -2.65. The number of carbonyl (C=O) groups excluding carboxylic acids is 3. The van der Waals surface area contributed by atoms with Gasteiger partial charge in [0, 0.05) is 54.3 Å². The third-order valence-corrected chi connectivity index (χ3v) is 18.1. The Morgan fingerprint density at radius 3 is 2.11 bits per heavy atom. The molecule has 4 aliphatic carbocycles. The van der Waals surface area contributed by atoms with Crippen LogP contribution in [0, 0.1) is 57.0 Å². The lowest BCUT2D eigenvalue weighted by atomic mass is 9.49. The number of hydrogen-bond acceptors (Lipinski definition) is 17. The minimum Gasteiger partial charge on any atom is -0.511 e. The first kappa shape index (κ1) is 55.2. The maximum absolute atomic E-state index is 15.4. The summed E-state index contributed by atoms with van der Waals surface area (Å²) in [7, 11) is 1.18. The Hall–Kier alpha value is -4.05. The summed E-state index contributed by atoms with van der Waals surface area (Å²) in [5.41, 5.74) is -2.59. The van der Waals surface area contributed by atoms with E-state index in [1.807, 2.05) is 58.9 Å². The number of Topliss-reactive ketones (excluding diaryl/α,β-unsaturated/α-hetero) is 1. The number of esters is 1. The van der Waals surface area contributed by atoms with Gasteiger partial charge in [0.25, 0.3) is 0 Å². The van der Waals surface area contributed by atoms with Crippen LogP contribution in [0.1, 0.15) is 115 Å². The second-order valence-corrected chi connectivity index (χ2v) is 23.1. The number of fused-ring (bicyclic) bond motifs is 4. The van der Waals surface area contributed by atoms with Gasteiger partial charge in [-0.25, -0.2) is 9.59 Å². The van der Waals surface area contributed by atoms with Gasteiger partial charge in [-0.2, -0.15) is 0 Å². The highest BCUT2D eigenvalue weighted by Crippen LogP contribution is 2.61. The van der Waals surface area contributed by atoms with E-state index in [2.05, 4.69) is 25.2 Å². The molecule has 19 nitrogen and oxygen atoms in total. The molecule has 19 heteroatoms. The highest BCUT2D eigenvalue weighted by molar-refractivity contribution is 6.26. The molecule has 23 atom stereocenters. The first-order valence-corrected chi connectivity index (χ1v) is 26.1. The van der Waals surface area contributed by atoms with Crippen LogP contribution >= 0.6 is 0 Å². The molecule has 1 spiro atoms. The smallest absolute Gasteiger partial charge is 0.407 e. The van der Waals surface area contributed by atoms with E-state index >= 15 is 4.79 Å². The van der Waals surface area contributed by atoms with Crippen molar-refractivity contribution in [1.82, 2.24) is 5.32 Å². The fourth-order valence-electron chi connectivity index (χ4n) is 13.9. The van der Waals surface area contributed by atoms with Gasteiger partial charge in [0.15, 0.2) is 24.5 Å². The van der Waals surface area contributed by atoms with Crippen molar-refractivity contribution in [3.05, 3.63) is 68.5 Å². The van der Waals surface area contributed by atoms with Gasteiger partial charge >= 0.3 is 12.1 Å². The number of amides is 1. The van der Waals surface area contributed by atoms with Crippen molar-refractivity contribution in [3.63, 3.8) is 0 Å². The quantitative estimate of drug-likeness (QED) is 0.0608. The fraction of sp³-hybridized carbons (Fsp3) is 0.759. The lowest BCUT2D eigenvalue weighted by Gasteiger charge is -2.56. The molecule has 0 radical (unpaired) electrons. The van der Waals surface area contributed by atoms with Crippen LogP contribution in [-0.4, -0.2) is 141 Å². The standard InChI is InChI=1S/C54H78N2O17/c1-24-13-16-37(70-41-23-52(10,56(64)65)47(32(9)69-41)55-51(63)66-12)26(3)19-33-18-25(2)29(6)22-54(33)49(61)42(50(62)73-54)48(60)53(11)35(24)15-14-34-43(53)27(4)17-28(5)46(34)72-40-21-38(45(59)31(8)68-40)71-39-20-36(57)44(58)30(7)67-39/h13-15,18-19,27-41,43-47,57-60H,16-17,20-23H2,1-12H3,(H,55,63). The van der Waals surface area contributed by atoms with Crippen LogP contribution in [0.3, 0.4) is 0 Å². The van der Waals surface area contributed by atoms with E-state index in [0.717, 1.165) is 11.1 Å². The number of nitrogens with one attached hydrogen (secondary N) is 1. The Bertz CT molecular complexity index is 2300. The largest absolute Gasteiger partial charge is 0.511 e. The van der Waals surface area contributed by atoms with Gasteiger partial charge in [0.1, 0.15) is 29.6 Å². The summed E-state index contributed by atoms with van der Waals surface area (Å²) in [6.07, 6.45) is -0.223. The minimum atomic E-state index is -1.71. The number of hydrogen-bond donors (Lipinski definition) is 5. The summed E-state index contributed by atoms with van der Waals surface area (Å²) in [5, 5.41) is 60.5. The lowest BCUT2D eigenvalue weighted by molar-refractivity contribution is -0.584. The number of ether oxygens (including phenoxy) is 8. The van der Waals surface area contributed by atoms with Crippen molar-refractivity contribution in [3.8, 4) is 0 Å². The summed E-state index contributed by atoms with van der Waals surface area (Å²) < 4.78 is 49.6. The van der Waals surface area contributed by atoms with Crippen LogP contribution in [0.25, 0.3) is 0 Å². The fourth-order valence-corrected chi connectivity index (χ4v) is 13.9. The molecule has 406 valence electrons. The molecular weight excluding hydrogens is 949 g/mol. The van der Waals surface area contributed by atoms with Gasteiger partial charge in [-0.3, -0.25) is 14.9 Å². The second-order valence-electron chi connectivity index (χ2n) is 23.1. The normalized spacial score (nSPS) is 47.2. The molecule has 0 aromatic heterocycles. The molecule has 73 heavy (non-hydrogen) atoms. The van der Waals surface area contributed by atoms with Crippen LogP contribution < -0.4 is 5.32 Å². The average Bonchev–Trinajstić information content (AvgIpc) is 3.56. The summed E-state index contributed by atoms with van der Waals surface area (Å²) in [6.45, 7) is 20.3. The van der Waals surface area contributed by atoms with Gasteiger partial charge in [-0.15, -0.1) is 0 Å². The van der Waals surface area contributed by atoms with Gasteiger partial charge in [0.2, 0.25) is 11.3 Å². The van der Waals surface area contributed by atoms with Crippen LogP contribution in [0.4, 0.5) is 4.79 Å². The van der Waals surface area contributed by atoms with E-state index in [-0.39, 0.29) is 67.1 Å². The molecule has 5 N–H and O–H groups in total. The number of aliphatic hydroxyl groups is 4. The third-order valence-electron chi connectivity index (χ3n) is 18.1. The number of nitrogens with zero attached hydrogens (tertiary/aromatic N) is 1. The zero-order valence-electron chi connectivity index (χ0n) is 44.2. The molecule has 0 aromatic carbocycles. The van der Waals surface area contributed by atoms with E-state index < -0.39 is 137 Å². The molecule has 1 saturated carbocycles. The third kappa shape index (κ3) is 9.88. The number of alkyl carbamates (subject to hydrolysis) is 1. The van der Waals surface area contributed by atoms with Gasteiger partial charge in [-0.05, 0) is 83.6 Å². The zero-order valence-corrected chi connectivity index (χ0v) is 44.2. The SMILES string of the molecule is COC(=O)NC1C(C)OC(OC2CC=C(C)C3C=CC4C(OC5CC(OC6CC(O)C(O)C(C)O6)C(O)C(C)O5)C(C)CC(C)C4C3(C)C(O)=C3C(=O)OC4(CC(C)C(C)=CC4C=C2C)C3=O)CC1(C)[N+](=O)[O-]. The number of aliphatic hydroxyl groups excluding tert-OH is 4. The Labute approximate surface area is 427 Å². The van der Waals surface area contributed by atoms with E-state index in [1.165, 1.54) is 14.0 Å². The topological polar surface area (TPSA) is 261 Å². The minimum absolute atomic E-state index is 0.0148. The first-order chi connectivity index (χ1) is 34.2. The molecule has 4 heterocycles. The maximum Gasteiger partial charge on any atom is 0.407 e. The predicted molar refractivity (Wildman–Crippen MR) is 262 cm³/mol. The van der Waals surface area contributed by atoms with Gasteiger partial charge in [-0.1, -0.05) is 69.2 Å². The number of carbonyl (C=O) groups is 3. The molecule has 8 rings (SSSR count). The van der Waals surface area contributed by atoms with Crippen molar-refractivity contribution in [2.24, 2.45) is 46.8 Å². The Kier molecular flexibility index (Phi) is 15.7. The van der Waals surface area contributed by atoms with Crippen LogP contribution in [-0.2, 0) is 47.5 Å². The Morgan fingerprint density at radius 1 is 0.808 bits per heavy atom. The maximum atomic E-state index is 15.4. The number of ketones is 1. The van der Waals surface area contributed by atoms with Gasteiger partial charge < -0.3 is 63.6 Å². The number of nitro groups is 1. The summed E-state index contributed by atoms with van der Waals surface area (Å²) in [6, 6.07) is -1.05. The number of rotatable bonds is 8. The zero-order chi connectivity index (χ0) is 53.4. The summed E-state index contributed by atoms with van der Waals surface area (Å²) in [4.78, 5) is 54.7. The van der Waals surface area contributed by atoms with E-state index in [9.17, 15) is 40.1 Å². The van der Waals surface area contributed by atoms with Crippen molar-refractivity contribution in [2.45, 2.75) is 206 Å². The average molecular weight is 1030 g/mol. The van der Waals surface area contributed by atoms with E-state index in [4.69, 9.17) is 37.9 Å². The molecule has 8 aliphatic rings. The van der Waals surface area contributed by atoms with Crippen LogP contribution in [0.2, 0.25) is 0 Å².